The summed E-state index contributed by atoms with van der Waals surface area (Å²) in [6.07, 6.45) is 1.17. The zero-order valence-corrected chi connectivity index (χ0v) is 12.5. The molecule has 0 spiro atoms. The summed E-state index contributed by atoms with van der Waals surface area (Å²) < 4.78 is 4.74. The van der Waals surface area contributed by atoms with Gasteiger partial charge in [-0.25, -0.2) is 9.13 Å². The van der Waals surface area contributed by atoms with Gasteiger partial charge in [0, 0.05) is 11.4 Å². The molecule has 1 aliphatic heterocycles. The molecule has 0 saturated heterocycles. The summed E-state index contributed by atoms with van der Waals surface area (Å²) >= 11 is 5.98. The number of aryl methyl sites for hydroxylation is 1. The van der Waals surface area contributed by atoms with Gasteiger partial charge in [-0.05, 0) is 29.8 Å². The highest BCUT2D eigenvalue weighted by Gasteiger charge is 2.25. The lowest BCUT2D eigenvalue weighted by molar-refractivity contribution is -0.661. The van der Waals surface area contributed by atoms with Gasteiger partial charge in [-0.1, -0.05) is 35.9 Å². The second-order valence-corrected chi connectivity index (χ2v) is 5.89. The van der Waals surface area contributed by atoms with Crippen LogP contribution < -0.4 is 9.88 Å². The number of fused-ring (bicyclic) bond motifs is 3. The van der Waals surface area contributed by atoms with E-state index in [1.807, 2.05) is 12.1 Å². The van der Waals surface area contributed by atoms with Crippen molar-refractivity contribution in [2.75, 3.05) is 11.9 Å². The Morgan fingerprint density at radius 1 is 1.10 bits per heavy atom. The van der Waals surface area contributed by atoms with Crippen LogP contribution in [0.15, 0.2) is 48.5 Å². The number of hydrogen-bond donors (Lipinski definition) is 1. The van der Waals surface area contributed by atoms with Crippen molar-refractivity contribution in [2.24, 2.45) is 0 Å². The molecule has 0 saturated carbocycles. The summed E-state index contributed by atoms with van der Waals surface area (Å²) in [5, 5.41) is 4.34. The summed E-state index contributed by atoms with van der Waals surface area (Å²) in [7, 11) is 0. The zero-order valence-electron chi connectivity index (χ0n) is 11.7. The number of para-hydroxylation sites is 2. The van der Waals surface area contributed by atoms with E-state index in [2.05, 4.69) is 50.8 Å². The third-order valence-electron chi connectivity index (χ3n) is 4.07. The highest BCUT2D eigenvalue weighted by atomic mass is 35.5. The normalized spacial score (nSPS) is 14.0. The molecule has 1 aromatic heterocycles. The number of imidazole rings is 1. The van der Waals surface area contributed by atoms with E-state index in [1.165, 1.54) is 29.0 Å². The van der Waals surface area contributed by atoms with Crippen molar-refractivity contribution in [3.63, 3.8) is 0 Å². The van der Waals surface area contributed by atoms with E-state index in [1.54, 1.807) is 0 Å². The molecule has 1 aliphatic rings. The first kappa shape index (κ1) is 12.7. The Bertz CT molecular complexity index is 790. The molecular formula is C17H17ClN3+. The van der Waals surface area contributed by atoms with Crippen LogP contribution in [0.4, 0.5) is 5.95 Å². The quantitative estimate of drug-likeness (QED) is 0.719. The smallest absolute Gasteiger partial charge is 0.277 e. The van der Waals surface area contributed by atoms with Crippen LogP contribution in [0.5, 0.6) is 0 Å². The largest absolute Gasteiger partial charge is 0.358 e. The molecule has 0 atom stereocenters. The van der Waals surface area contributed by atoms with Crippen LogP contribution in [0.1, 0.15) is 12.0 Å². The first-order valence-electron chi connectivity index (χ1n) is 7.32. The third kappa shape index (κ3) is 2.18. The Balaban J connectivity index is 1.85. The molecule has 0 unspecified atom stereocenters. The van der Waals surface area contributed by atoms with Crippen molar-refractivity contribution in [2.45, 2.75) is 19.5 Å². The number of anilines is 1. The van der Waals surface area contributed by atoms with Gasteiger partial charge in [0.1, 0.15) is 11.0 Å². The summed E-state index contributed by atoms with van der Waals surface area (Å²) in [4.78, 5) is 0. The predicted octanol–water partition coefficient (Wildman–Crippen LogP) is 3.45. The molecule has 21 heavy (non-hydrogen) atoms. The summed E-state index contributed by atoms with van der Waals surface area (Å²) in [5.41, 5.74) is 3.83. The van der Waals surface area contributed by atoms with Crippen molar-refractivity contribution in [3.8, 4) is 0 Å². The Morgan fingerprint density at radius 3 is 2.76 bits per heavy atom. The van der Waals surface area contributed by atoms with Gasteiger partial charge in [-0.2, -0.15) is 0 Å². The topological polar surface area (TPSA) is 20.8 Å². The molecule has 106 valence electrons. The van der Waals surface area contributed by atoms with E-state index >= 15 is 0 Å². The maximum atomic E-state index is 5.98. The lowest BCUT2D eigenvalue weighted by Crippen LogP contribution is -2.41. The molecule has 3 nitrogen and oxygen atoms in total. The summed E-state index contributed by atoms with van der Waals surface area (Å²) in [6.45, 7) is 2.97. The standard InChI is InChI=1S/C17H16ClN3/c18-14-8-6-13(7-9-14)12-21-16-5-2-1-4-15(16)20-11-3-10-19-17(20)21/h1-2,4-9H,3,10-12H2/p+1. The fraction of sp³-hybridized carbons (Fsp3) is 0.235. The van der Waals surface area contributed by atoms with Gasteiger partial charge in [0.15, 0.2) is 0 Å². The van der Waals surface area contributed by atoms with Crippen LogP contribution in [0, 0.1) is 0 Å². The van der Waals surface area contributed by atoms with Gasteiger partial charge < -0.3 is 0 Å². The molecule has 0 bridgehead atoms. The number of rotatable bonds is 2. The van der Waals surface area contributed by atoms with E-state index < -0.39 is 0 Å². The number of benzene rings is 2. The fourth-order valence-electron chi connectivity index (χ4n) is 3.08. The second kappa shape index (κ2) is 5.08. The molecule has 1 N–H and O–H groups in total. The van der Waals surface area contributed by atoms with Gasteiger partial charge >= 0.3 is 5.95 Å². The Labute approximate surface area is 128 Å². The molecule has 4 heteroatoms. The van der Waals surface area contributed by atoms with Gasteiger partial charge in [-0.15, -0.1) is 0 Å². The second-order valence-electron chi connectivity index (χ2n) is 5.46. The SMILES string of the molecule is Clc1ccc(Cn2c3[n+](c4ccccc42)CCCN3)cc1. The molecule has 4 rings (SSSR count). The molecule has 0 aliphatic carbocycles. The van der Waals surface area contributed by atoms with E-state index in [0.717, 1.165) is 24.7 Å². The van der Waals surface area contributed by atoms with Crippen molar-refractivity contribution in [1.29, 1.82) is 0 Å². The predicted molar refractivity (Wildman–Crippen MR) is 85.8 cm³/mol. The van der Waals surface area contributed by atoms with Crippen LogP contribution in [0.3, 0.4) is 0 Å². The highest BCUT2D eigenvalue weighted by Crippen LogP contribution is 2.22. The van der Waals surface area contributed by atoms with Crippen LogP contribution in [-0.4, -0.2) is 11.1 Å². The first-order chi connectivity index (χ1) is 10.3. The minimum Gasteiger partial charge on any atom is -0.277 e. The number of nitrogens with zero attached hydrogens (tertiary/aromatic N) is 2. The zero-order chi connectivity index (χ0) is 14.2. The minimum absolute atomic E-state index is 0.783. The molecule has 0 amide bonds. The Morgan fingerprint density at radius 2 is 1.90 bits per heavy atom. The lowest BCUT2D eigenvalue weighted by Gasteiger charge is -2.11. The van der Waals surface area contributed by atoms with Crippen LogP contribution in [-0.2, 0) is 13.1 Å². The van der Waals surface area contributed by atoms with Gasteiger partial charge in [0.2, 0.25) is 0 Å². The van der Waals surface area contributed by atoms with Gasteiger partial charge in [0.25, 0.3) is 0 Å². The lowest BCUT2D eigenvalue weighted by atomic mass is 10.2. The third-order valence-corrected chi connectivity index (χ3v) is 4.32. The molecule has 2 heterocycles. The average Bonchev–Trinajstić information content (AvgIpc) is 2.85. The monoisotopic (exact) mass is 298 g/mol. The van der Waals surface area contributed by atoms with Crippen LogP contribution in [0.25, 0.3) is 11.0 Å². The first-order valence-corrected chi connectivity index (χ1v) is 7.70. The Hall–Kier alpha value is -2.00. The van der Waals surface area contributed by atoms with Crippen LogP contribution in [0.2, 0.25) is 5.02 Å². The van der Waals surface area contributed by atoms with Crippen molar-refractivity contribution >= 4 is 28.6 Å². The Kier molecular flexibility index (Phi) is 3.08. The molecule has 0 fully saturated rings. The summed E-state index contributed by atoms with van der Waals surface area (Å²) in [5.74, 6) is 1.21. The summed E-state index contributed by atoms with van der Waals surface area (Å²) in [6, 6.07) is 16.7. The van der Waals surface area contributed by atoms with E-state index in [9.17, 15) is 0 Å². The molecule has 3 aromatic rings. The average molecular weight is 299 g/mol. The fourth-order valence-corrected chi connectivity index (χ4v) is 3.21. The van der Waals surface area contributed by atoms with Gasteiger partial charge in [0.05, 0.1) is 19.6 Å². The maximum absolute atomic E-state index is 5.98. The number of hydrogen-bond acceptors (Lipinski definition) is 1. The van der Waals surface area contributed by atoms with E-state index in [4.69, 9.17) is 11.6 Å². The maximum Gasteiger partial charge on any atom is 0.358 e. The molecular weight excluding hydrogens is 282 g/mol. The van der Waals surface area contributed by atoms with E-state index in [0.29, 0.717) is 0 Å². The molecule has 0 radical (unpaired) electrons. The van der Waals surface area contributed by atoms with Crippen molar-refractivity contribution in [3.05, 3.63) is 59.1 Å². The minimum atomic E-state index is 0.783. The number of halogens is 1. The van der Waals surface area contributed by atoms with E-state index in [-0.39, 0.29) is 0 Å². The van der Waals surface area contributed by atoms with Gasteiger partial charge in [-0.3, -0.25) is 5.32 Å². The van der Waals surface area contributed by atoms with Crippen LogP contribution >= 0.6 is 11.6 Å². The highest BCUT2D eigenvalue weighted by molar-refractivity contribution is 6.30. The van der Waals surface area contributed by atoms with Crippen molar-refractivity contribution < 1.29 is 4.57 Å². The number of nitrogens with one attached hydrogen (secondary N) is 1. The molecule has 2 aromatic carbocycles. The van der Waals surface area contributed by atoms with Crippen molar-refractivity contribution in [1.82, 2.24) is 4.57 Å². The number of aromatic nitrogens is 2.